The first-order valence-corrected chi connectivity index (χ1v) is 7.59. The van der Waals surface area contributed by atoms with Crippen LogP contribution in [0.2, 0.25) is 0 Å². The maximum atomic E-state index is 9.67. The topological polar surface area (TPSA) is 38.0 Å². The Morgan fingerprint density at radius 3 is 2.24 bits per heavy atom. The van der Waals surface area contributed by atoms with Gasteiger partial charge in [-0.1, -0.05) is 48.2 Å². The molecule has 3 rings (SSSR count). The zero-order chi connectivity index (χ0) is 14.7. The van der Waals surface area contributed by atoms with E-state index in [4.69, 9.17) is 0 Å². The number of para-hydroxylation sites is 1. The van der Waals surface area contributed by atoms with E-state index in [2.05, 4.69) is 17.2 Å². The van der Waals surface area contributed by atoms with E-state index in [0.717, 1.165) is 26.9 Å². The van der Waals surface area contributed by atoms with Crippen molar-refractivity contribution in [1.82, 2.24) is 9.78 Å². The Hall–Kier alpha value is -2.04. The fourth-order valence-electron chi connectivity index (χ4n) is 2.17. The summed E-state index contributed by atoms with van der Waals surface area (Å²) < 4.78 is 1.90. The van der Waals surface area contributed by atoms with Crippen molar-refractivity contribution in [1.29, 1.82) is 0 Å². The SMILES string of the molecule is Cc1nn(-c2ccccc2)c(Sc2ccccc2)c1CO. The highest BCUT2D eigenvalue weighted by Crippen LogP contribution is 2.33. The molecule has 0 radical (unpaired) electrons. The van der Waals surface area contributed by atoms with E-state index in [-0.39, 0.29) is 6.61 Å². The van der Waals surface area contributed by atoms with Crippen molar-refractivity contribution in [2.24, 2.45) is 0 Å². The number of hydrogen-bond donors (Lipinski definition) is 1. The number of aryl methyl sites for hydroxylation is 1. The van der Waals surface area contributed by atoms with Gasteiger partial charge in [-0.05, 0) is 31.2 Å². The Kier molecular flexibility index (Phi) is 4.08. The molecular formula is C17H16N2OS. The minimum absolute atomic E-state index is 0.00612. The molecule has 2 aromatic carbocycles. The van der Waals surface area contributed by atoms with Crippen LogP contribution in [0.15, 0.2) is 70.6 Å². The third kappa shape index (κ3) is 2.86. The molecule has 0 spiro atoms. The van der Waals surface area contributed by atoms with Crippen LogP contribution in [0.1, 0.15) is 11.3 Å². The molecule has 21 heavy (non-hydrogen) atoms. The van der Waals surface area contributed by atoms with E-state index >= 15 is 0 Å². The molecule has 0 aliphatic rings. The minimum atomic E-state index is -0.00612. The van der Waals surface area contributed by atoms with Crippen molar-refractivity contribution in [3.63, 3.8) is 0 Å². The van der Waals surface area contributed by atoms with Gasteiger partial charge in [0.15, 0.2) is 0 Å². The van der Waals surface area contributed by atoms with E-state index in [9.17, 15) is 5.11 Å². The van der Waals surface area contributed by atoms with Crippen molar-refractivity contribution in [3.8, 4) is 5.69 Å². The Balaban J connectivity index is 2.09. The molecule has 0 aliphatic carbocycles. The summed E-state index contributed by atoms with van der Waals surface area (Å²) in [7, 11) is 0. The number of aliphatic hydroxyl groups is 1. The second kappa shape index (κ2) is 6.16. The summed E-state index contributed by atoms with van der Waals surface area (Å²) >= 11 is 1.62. The van der Waals surface area contributed by atoms with Crippen LogP contribution < -0.4 is 0 Å². The Morgan fingerprint density at radius 2 is 1.62 bits per heavy atom. The summed E-state index contributed by atoms with van der Waals surface area (Å²) in [6.45, 7) is 1.92. The average molecular weight is 296 g/mol. The fourth-order valence-corrected chi connectivity index (χ4v) is 3.25. The van der Waals surface area contributed by atoms with Gasteiger partial charge < -0.3 is 5.11 Å². The maximum Gasteiger partial charge on any atom is 0.110 e. The van der Waals surface area contributed by atoms with Gasteiger partial charge in [-0.2, -0.15) is 5.10 Å². The first kappa shape index (κ1) is 13.9. The van der Waals surface area contributed by atoms with Crippen molar-refractivity contribution in [2.45, 2.75) is 23.5 Å². The van der Waals surface area contributed by atoms with E-state index in [1.54, 1.807) is 11.8 Å². The molecule has 1 N–H and O–H groups in total. The number of benzene rings is 2. The first-order chi connectivity index (χ1) is 10.3. The van der Waals surface area contributed by atoms with Crippen molar-refractivity contribution in [3.05, 3.63) is 71.9 Å². The summed E-state index contributed by atoms with van der Waals surface area (Å²) in [4.78, 5) is 1.13. The van der Waals surface area contributed by atoms with Crippen LogP contribution in [0.4, 0.5) is 0 Å². The monoisotopic (exact) mass is 296 g/mol. The molecule has 1 aromatic heterocycles. The zero-order valence-electron chi connectivity index (χ0n) is 11.7. The highest BCUT2D eigenvalue weighted by molar-refractivity contribution is 7.99. The predicted octanol–water partition coefficient (Wildman–Crippen LogP) is 3.82. The molecule has 0 aliphatic heterocycles. The number of aliphatic hydroxyl groups excluding tert-OH is 1. The van der Waals surface area contributed by atoms with Crippen LogP contribution in [0.5, 0.6) is 0 Å². The Morgan fingerprint density at radius 1 is 1.00 bits per heavy atom. The molecule has 1 heterocycles. The van der Waals surface area contributed by atoms with E-state index in [1.807, 2.05) is 60.1 Å². The standard InChI is InChI=1S/C17H16N2OS/c1-13-16(12-20)17(21-15-10-6-3-7-11-15)19(18-13)14-8-4-2-5-9-14/h2-11,20H,12H2,1H3. The van der Waals surface area contributed by atoms with Crippen LogP contribution in [0, 0.1) is 6.92 Å². The maximum absolute atomic E-state index is 9.67. The van der Waals surface area contributed by atoms with Crippen molar-refractivity contribution < 1.29 is 5.11 Å². The quantitative estimate of drug-likeness (QED) is 0.795. The van der Waals surface area contributed by atoms with Crippen LogP contribution >= 0.6 is 11.8 Å². The van der Waals surface area contributed by atoms with Gasteiger partial charge >= 0.3 is 0 Å². The van der Waals surface area contributed by atoms with Gasteiger partial charge in [0.1, 0.15) is 5.03 Å². The van der Waals surface area contributed by atoms with Crippen LogP contribution in [-0.4, -0.2) is 14.9 Å². The number of rotatable bonds is 4. The van der Waals surface area contributed by atoms with E-state index in [1.165, 1.54) is 0 Å². The summed E-state index contributed by atoms with van der Waals surface area (Å²) in [6.07, 6.45) is 0. The minimum Gasteiger partial charge on any atom is -0.392 e. The molecule has 0 amide bonds. The molecule has 3 nitrogen and oxygen atoms in total. The Bertz CT molecular complexity index is 723. The lowest BCUT2D eigenvalue weighted by atomic mass is 10.3. The number of aromatic nitrogens is 2. The molecule has 0 atom stereocenters. The van der Waals surface area contributed by atoms with Gasteiger partial charge in [-0.3, -0.25) is 0 Å². The summed E-state index contributed by atoms with van der Waals surface area (Å²) in [5, 5.41) is 15.2. The second-order valence-corrected chi connectivity index (χ2v) is 5.75. The molecule has 3 aromatic rings. The highest BCUT2D eigenvalue weighted by Gasteiger charge is 2.16. The van der Waals surface area contributed by atoms with Crippen LogP contribution in [0.3, 0.4) is 0 Å². The van der Waals surface area contributed by atoms with Gasteiger partial charge in [-0.25, -0.2) is 4.68 Å². The third-order valence-corrected chi connectivity index (χ3v) is 4.37. The van der Waals surface area contributed by atoms with Crippen molar-refractivity contribution in [2.75, 3.05) is 0 Å². The molecule has 0 unspecified atom stereocenters. The molecule has 0 bridgehead atoms. The van der Waals surface area contributed by atoms with Crippen LogP contribution in [0.25, 0.3) is 5.69 Å². The normalized spacial score (nSPS) is 10.8. The zero-order valence-corrected chi connectivity index (χ0v) is 12.5. The lowest BCUT2D eigenvalue weighted by Gasteiger charge is -2.08. The fraction of sp³-hybridized carbons (Fsp3) is 0.118. The van der Waals surface area contributed by atoms with E-state index < -0.39 is 0 Å². The third-order valence-electron chi connectivity index (χ3n) is 3.25. The van der Waals surface area contributed by atoms with Crippen LogP contribution in [-0.2, 0) is 6.61 Å². The summed E-state index contributed by atoms with van der Waals surface area (Å²) in [6, 6.07) is 20.1. The van der Waals surface area contributed by atoms with Gasteiger partial charge in [0.2, 0.25) is 0 Å². The lowest BCUT2D eigenvalue weighted by molar-refractivity contribution is 0.278. The summed E-state index contributed by atoms with van der Waals surface area (Å²) in [5.74, 6) is 0. The van der Waals surface area contributed by atoms with Gasteiger partial charge in [0, 0.05) is 10.5 Å². The van der Waals surface area contributed by atoms with Crippen molar-refractivity contribution >= 4 is 11.8 Å². The average Bonchev–Trinajstić information content (AvgIpc) is 2.85. The smallest absolute Gasteiger partial charge is 0.110 e. The molecule has 4 heteroatoms. The second-order valence-electron chi connectivity index (χ2n) is 4.69. The number of nitrogens with zero attached hydrogens (tertiary/aromatic N) is 2. The number of hydrogen-bond acceptors (Lipinski definition) is 3. The predicted molar refractivity (Wildman–Crippen MR) is 84.8 cm³/mol. The molecule has 106 valence electrons. The molecular weight excluding hydrogens is 280 g/mol. The van der Waals surface area contributed by atoms with Gasteiger partial charge in [-0.15, -0.1) is 0 Å². The molecule has 0 saturated heterocycles. The first-order valence-electron chi connectivity index (χ1n) is 6.77. The van der Waals surface area contributed by atoms with E-state index in [0.29, 0.717) is 0 Å². The Labute approximate surface area is 128 Å². The lowest BCUT2D eigenvalue weighted by Crippen LogP contribution is -1.98. The summed E-state index contributed by atoms with van der Waals surface area (Å²) in [5.41, 5.74) is 2.74. The van der Waals surface area contributed by atoms with Gasteiger partial charge in [0.05, 0.1) is 18.0 Å². The molecule has 0 fully saturated rings. The highest BCUT2D eigenvalue weighted by atomic mass is 32.2. The van der Waals surface area contributed by atoms with Gasteiger partial charge in [0.25, 0.3) is 0 Å². The largest absolute Gasteiger partial charge is 0.392 e. The molecule has 0 saturated carbocycles.